The Morgan fingerprint density at radius 3 is 2.39 bits per heavy atom. The Labute approximate surface area is 158 Å². The van der Waals surface area contributed by atoms with Gasteiger partial charge in [-0.05, 0) is 49.2 Å². The minimum absolute atomic E-state index is 0.117. The topological polar surface area (TPSA) is 26.3 Å². The molecule has 0 N–H and O–H groups in total. The van der Waals surface area contributed by atoms with E-state index in [1.54, 1.807) is 0 Å². The van der Waals surface area contributed by atoms with Crippen LogP contribution in [0.3, 0.4) is 0 Å². The highest BCUT2D eigenvalue weighted by molar-refractivity contribution is 9.25. The van der Waals surface area contributed by atoms with Crippen molar-refractivity contribution in [1.29, 1.82) is 0 Å². The van der Waals surface area contributed by atoms with Gasteiger partial charge in [-0.2, -0.15) is 0 Å². The number of fused-ring (bicyclic) bond motifs is 2. The Bertz CT molecular complexity index is 526. The van der Waals surface area contributed by atoms with Crippen LogP contribution in [0.15, 0.2) is 0 Å². The lowest BCUT2D eigenvalue weighted by Gasteiger charge is -2.45. The third-order valence-corrected chi connectivity index (χ3v) is 14.0. The fourth-order valence-corrected chi connectivity index (χ4v) is 8.45. The van der Waals surface area contributed by atoms with Crippen molar-refractivity contribution in [3.8, 4) is 0 Å². The first-order valence-corrected chi connectivity index (χ1v) is 13.4. The van der Waals surface area contributed by atoms with Crippen molar-refractivity contribution >= 4 is 46.0 Å². The highest BCUT2D eigenvalue weighted by Crippen LogP contribution is 2.75. The number of hydrogen-bond donors (Lipinski definition) is 0. The molecule has 2 nitrogen and oxygen atoms in total. The van der Waals surface area contributed by atoms with E-state index in [1.807, 2.05) is 0 Å². The number of halogens is 2. The molecule has 5 atom stereocenters. The first kappa shape index (κ1) is 18.6. The van der Waals surface area contributed by atoms with Gasteiger partial charge in [0.15, 0.2) is 8.32 Å². The van der Waals surface area contributed by atoms with Gasteiger partial charge in [-0.1, -0.05) is 59.6 Å². The number of alkyl halides is 2. The molecule has 0 aromatic rings. The Balaban J connectivity index is 1.87. The molecule has 0 heterocycles. The van der Waals surface area contributed by atoms with Gasteiger partial charge in [0.25, 0.3) is 0 Å². The number of carbonyl (C=O) groups excluding carboxylic acids is 1. The van der Waals surface area contributed by atoms with Gasteiger partial charge in [-0.25, -0.2) is 0 Å². The molecule has 0 radical (unpaired) electrons. The molecule has 3 fully saturated rings. The molecule has 0 aromatic carbocycles. The van der Waals surface area contributed by atoms with E-state index in [1.165, 1.54) is 6.42 Å². The molecule has 132 valence electrons. The summed E-state index contributed by atoms with van der Waals surface area (Å²) < 4.78 is 6.84. The molecule has 3 saturated carbocycles. The molecule has 2 unspecified atom stereocenters. The molecule has 5 heteroatoms. The average Bonchev–Trinajstić information content (AvgIpc) is 2.79. The van der Waals surface area contributed by atoms with Crippen molar-refractivity contribution in [3.63, 3.8) is 0 Å². The summed E-state index contributed by atoms with van der Waals surface area (Å²) in [5, 5.41) is 0.206. The van der Waals surface area contributed by atoms with Gasteiger partial charge in [0, 0.05) is 18.3 Å². The third-order valence-electron chi connectivity index (χ3n) is 7.02. The Morgan fingerprint density at radius 1 is 1.22 bits per heavy atom. The Kier molecular flexibility index (Phi) is 4.37. The summed E-state index contributed by atoms with van der Waals surface area (Å²) in [6.45, 7) is 13.8. The monoisotopic (exact) mass is 464 g/mol. The van der Waals surface area contributed by atoms with Crippen molar-refractivity contribution in [1.82, 2.24) is 0 Å². The largest absolute Gasteiger partial charge is 0.409 e. The minimum atomic E-state index is -1.85. The van der Waals surface area contributed by atoms with Gasteiger partial charge in [-0.15, -0.1) is 0 Å². The van der Waals surface area contributed by atoms with Crippen molar-refractivity contribution in [2.45, 2.75) is 80.3 Å². The van der Waals surface area contributed by atoms with Crippen LogP contribution in [-0.2, 0) is 9.22 Å². The second-order valence-electron chi connectivity index (χ2n) is 9.75. The van der Waals surface area contributed by atoms with Crippen LogP contribution in [0.25, 0.3) is 0 Å². The zero-order chi connectivity index (χ0) is 17.4. The lowest BCUT2D eigenvalue weighted by atomic mass is 9.66. The highest BCUT2D eigenvalue weighted by Gasteiger charge is 2.79. The number of hydrogen-bond acceptors (Lipinski definition) is 2. The lowest BCUT2D eigenvalue weighted by molar-refractivity contribution is -0.131. The molecule has 0 aromatic heterocycles. The van der Waals surface area contributed by atoms with Crippen molar-refractivity contribution in [2.75, 3.05) is 0 Å². The van der Waals surface area contributed by atoms with Crippen LogP contribution >= 0.6 is 31.9 Å². The molecular weight excluding hydrogens is 436 g/mol. The molecule has 3 aliphatic carbocycles. The molecular formula is C18H30Br2O2Si. The van der Waals surface area contributed by atoms with Gasteiger partial charge >= 0.3 is 0 Å². The molecule has 3 aliphatic rings. The van der Waals surface area contributed by atoms with E-state index < -0.39 is 8.32 Å². The molecule has 0 spiro atoms. The molecule has 23 heavy (non-hydrogen) atoms. The van der Waals surface area contributed by atoms with Gasteiger partial charge in [0.2, 0.25) is 0 Å². The minimum Gasteiger partial charge on any atom is -0.409 e. The van der Waals surface area contributed by atoms with Crippen LogP contribution < -0.4 is 0 Å². The van der Waals surface area contributed by atoms with Gasteiger partial charge in [0.05, 0.1) is 5.60 Å². The predicted molar refractivity (Wildman–Crippen MR) is 105 cm³/mol. The van der Waals surface area contributed by atoms with Crippen LogP contribution in [0.5, 0.6) is 0 Å². The summed E-state index contributed by atoms with van der Waals surface area (Å²) in [6, 6.07) is 0. The quantitative estimate of drug-likeness (QED) is 0.375. The van der Waals surface area contributed by atoms with Crippen LogP contribution in [0, 0.1) is 23.7 Å². The van der Waals surface area contributed by atoms with E-state index >= 15 is 0 Å². The zero-order valence-electron chi connectivity index (χ0n) is 15.2. The van der Waals surface area contributed by atoms with Gasteiger partial charge in [0.1, 0.15) is 9.02 Å². The van der Waals surface area contributed by atoms with Gasteiger partial charge < -0.3 is 4.43 Å². The highest BCUT2D eigenvalue weighted by atomic mass is 79.9. The Morgan fingerprint density at radius 2 is 1.83 bits per heavy atom. The summed E-state index contributed by atoms with van der Waals surface area (Å²) in [5.41, 5.74) is -0.117. The first-order valence-electron chi connectivity index (χ1n) is 8.92. The molecule has 0 amide bonds. The maximum Gasteiger partial charge on any atom is 0.192 e. The summed E-state index contributed by atoms with van der Waals surface area (Å²) in [6.07, 6.45) is 3.98. The van der Waals surface area contributed by atoms with Crippen LogP contribution in [0.2, 0.25) is 18.1 Å². The predicted octanol–water partition coefficient (Wildman–Crippen LogP) is 5.89. The van der Waals surface area contributed by atoms with Crippen molar-refractivity contribution in [2.24, 2.45) is 23.7 Å². The molecule has 0 aliphatic heterocycles. The lowest BCUT2D eigenvalue weighted by Crippen LogP contribution is -2.49. The maximum atomic E-state index is 12.5. The van der Waals surface area contributed by atoms with Crippen molar-refractivity contribution in [3.05, 3.63) is 0 Å². The molecule has 3 rings (SSSR count). The fraction of sp³-hybridized carbons (Fsp3) is 0.944. The van der Waals surface area contributed by atoms with Crippen LogP contribution in [0.1, 0.15) is 53.4 Å². The van der Waals surface area contributed by atoms with Crippen molar-refractivity contribution < 1.29 is 9.22 Å². The van der Waals surface area contributed by atoms with E-state index in [0.717, 1.165) is 19.3 Å². The van der Waals surface area contributed by atoms with Gasteiger partial charge in [-0.3, -0.25) is 4.79 Å². The molecule has 0 saturated heterocycles. The van der Waals surface area contributed by atoms with E-state index in [9.17, 15) is 4.79 Å². The standard InChI is InChI=1S/C18H30Br2O2Si/c1-11-7-12-10-17(22-23(5,6)16(2,3)4)15(18(17,19)20)9-13(12)14(21)8-11/h11-13,15H,7-10H2,1-6H3/t11-,12+,13-,15?,17?/m1/s1. The summed E-state index contributed by atoms with van der Waals surface area (Å²) in [5.74, 6) is 2.22. The normalized spacial score (nSPS) is 42.9. The molecule has 0 bridgehead atoms. The second kappa shape index (κ2) is 5.40. The van der Waals surface area contributed by atoms with Crippen LogP contribution in [-0.4, -0.2) is 22.9 Å². The second-order valence-corrected chi connectivity index (χ2v) is 18.0. The third kappa shape index (κ3) is 2.76. The smallest absolute Gasteiger partial charge is 0.192 e. The van der Waals surface area contributed by atoms with E-state index in [2.05, 4.69) is 72.6 Å². The SMILES string of the molecule is C[C@H]1CC(=O)[C@@H]2CC3C(Br)(Br)C3(O[Si](C)(C)C(C)(C)C)C[C@@H]2C1. The average molecular weight is 466 g/mol. The zero-order valence-corrected chi connectivity index (χ0v) is 19.4. The number of carbonyl (C=O) groups is 1. The van der Waals surface area contributed by atoms with Crippen LogP contribution in [0.4, 0.5) is 0 Å². The summed E-state index contributed by atoms with van der Waals surface area (Å²) in [7, 11) is -1.85. The summed E-state index contributed by atoms with van der Waals surface area (Å²) in [4.78, 5) is 12.5. The number of ketones is 1. The van der Waals surface area contributed by atoms with E-state index in [0.29, 0.717) is 23.5 Å². The Hall–Kier alpha value is 0.807. The first-order chi connectivity index (χ1) is 10.3. The van der Waals surface area contributed by atoms with E-state index in [-0.39, 0.29) is 19.8 Å². The number of rotatable bonds is 2. The fourth-order valence-electron chi connectivity index (χ4n) is 4.63. The van der Waals surface area contributed by atoms with E-state index in [4.69, 9.17) is 4.43 Å². The maximum absolute atomic E-state index is 12.5. The number of Topliss-reactive ketones (excluding diaryl/α,β-unsaturated/α-hetero) is 1. The summed E-state index contributed by atoms with van der Waals surface area (Å²) >= 11 is 7.85.